The van der Waals surface area contributed by atoms with Crippen molar-refractivity contribution in [3.8, 4) is 0 Å². The molecule has 1 unspecified atom stereocenters. The van der Waals surface area contributed by atoms with E-state index in [2.05, 4.69) is 5.32 Å². The van der Waals surface area contributed by atoms with E-state index in [1.54, 1.807) is 18.2 Å². The van der Waals surface area contributed by atoms with Crippen molar-refractivity contribution < 1.29 is 8.78 Å². The van der Waals surface area contributed by atoms with Crippen molar-refractivity contribution in [1.29, 1.82) is 0 Å². The Morgan fingerprint density at radius 1 is 1.14 bits per heavy atom. The van der Waals surface area contributed by atoms with Gasteiger partial charge in [0.15, 0.2) is 0 Å². The lowest BCUT2D eigenvalue weighted by Crippen LogP contribution is -2.23. The molecule has 0 aliphatic carbocycles. The van der Waals surface area contributed by atoms with Gasteiger partial charge in [0.25, 0.3) is 0 Å². The summed E-state index contributed by atoms with van der Waals surface area (Å²) in [4.78, 5) is 0. The highest BCUT2D eigenvalue weighted by atomic mass is 35.5. The fraction of sp³-hybridized carbons (Fsp3) is 0.294. The molecule has 0 aromatic heterocycles. The number of hydrogen-bond donors (Lipinski definition) is 1. The predicted molar refractivity (Wildman–Crippen MR) is 82.7 cm³/mol. The van der Waals surface area contributed by atoms with Crippen LogP contribution in [0.3, 0.4) is 0 Å². The molecule has 2 aromatic rings. The van der Waals surface area contributed by atoms with Crippen LogP contribution < -0.4 is 5.32 Å². The molecular formula is C17H18ClF2N. The molecule has 0 amide bonds. The molecule has 2 rings (SSSR count). The quantitative estimate of drug-likeness (QED) is 0.835. The number of hydrogen-bond acceptors (Lipinski definition) is 1. The Balaban J connectivity index is 2.28. The highest BCUT2D eigenvalue weighted by Gasteiger charge is 2.15. The molecule has 0 heterocycles. The Kier molecular flexibility index (Phi) is 5.32. The zero-order chi connectivity index (χ0) is 15.4. The molecule has 4 heteroatoms. The maximum absolute atomic E-state index is 13.2. The first-order valence-corrected chi connectivity index (χ1v) is 7.32. The van der Waals surface area contributed by atoms with Gasteiger partial charge in [0.05, 0.1) is 5.02 Å². The van der Waals surface area contributed by atoms with Gasteiger partial charge in [-0.2, -0.15) is 0 Å². The van der Waals surface area contributed by atoms with Crippen LogP contribution in [0, 0.1) is 18.6 Å². The summed E-state index contributed by atoms with van der Waals surface area (Å²) in [6.07, 6.45) is 0.667. The lowest BCUT2D eigenvalue weighted by molar-refractivity contribution is 0.543. The third-order valence-corrected chi connectivity index (χ3v) is 3.77. The van der Waals surface area contributed by atoms with Gasteiger partial charge in [-0.1, -0.05) is 30.7 Å². The van der Waals surface area contributed by atoms with E-state index in [4.69, 9.17) is 11.6 Å². The summed E-state index contributed by atoms with van der Waals surface area (Å²) in [5.74, 6) is -0.658. The molecule has 0 radical (unpaired) electrons. The van der Waals surface area contributed by atoms with Gasteiger partial charge in [-0.3, -0.25) is 0 Å². The van der Waals surface area contributed by atoms with Crippen LogP contribution in [0.25, 0.3) is 0 Å². The predicted octanol–water partition coefficient (Wildman–Crippen LogP) is 4.82. The fourth-order valence-corrected chi connectivity index (χ4v) is 2.67. The number of benzene rings is 2. The molecule has 1 nitrogen and oxygen atoms in total. The number of nitrogens with one attached hydrogen (secondary N) is 1. The Bertz CT molecular complexity index is 628. The first kappa shape index (κ1) is 15.9. The number of likely N-dealkylation sites (N-methyl/N-ethyl adjacent to an activating group) is 1. The van der Waals surface area contributed by atoms with Crippen molar-refractivity contribution in [3.63, 3.8) is 0 Å². The molecule has 0 saturated carbocycles. The van der Waals surface area contributed by atoms with E-state index >= 15 is 0 Å². The van der Waals surface area contributed by atoms with Gasteiger partial charge < -0.3 is 5.32 Å². The van der Waals surface area contributed by atoms with E-state index in [9.17, 15) is 8.78 Å². The number of aryl methyl sites for hydroxylation is 1. The molecule has 0 aliphatic rings. The zero-order valence-corrected chi connectivity index (χ0v) is 12.8. The second-order valence-electron chi connectivity index (χ2n) is 5.06. The van der Waals surface area contributed by atoms with E-state index in [1.807, 2.05) is 13.8 Å². The van der Waals surface area contributed by atoms with Crippen molar-refractivity contribution in [2.75, 3.05) is 6.54 Å². The summed E-state index contributed by atoms with van der Waals surface area (Å²) in [7, 11) is 0. The highest BCUT2D eigenvalue weighted by molar-refractivity contribution is 6.30. The number of halogens is 3. The number of rotatable bonds is 5. The molecule has 0 bridgehead atoms. The monoisotopic (exact) mass is 309 g/mol. The van der Waals surface area contributed by atoms with Crippen molar-refractivity contribution in [3.05, 3.63) is 69.7 Å². The third kappa shape index (κ3) is 4.02. The molecular weight excluding hydrogens is 292 g/mol. The van der Waals surface area contributed by atoms with E-state index < -0.39 is 5.82 Å². The van der Waals surface area contributed by atoms with E-state index in [-0.39, 0.29) is 16.9 Å². The summed E-state index contributed by atoms with van der Waals surface area (Å²) in [5.41, 5.74) is 2.88. The molecule has 0 aliphatic heterocycles. The van der Waals surface area contributed by atoms with Gasteiger partial charge in [0, 0.05) is 6.04 Å². The SMILES string of the molecule is CCNC(Cc1ccc(F)c(Cl)c1)c1ccc(F)cc1C. The topological polar surface area (TPSA) is 12.0 Å². The van der Waals surface area contributed by atoms with Crippen molar-refractivity contribution >= 4 is 11.6 Å². The summed E-state index contributed by atoms with van der Waals surface area (Å²) >= 11 is 5.83. The van der Waals surface area contributed by atoms with Crippen LogP contribution in [0.5, 0.6) is 0 Å². The van der Waals surface area contributed by atoms with Gasteiger partial charge in [-0.15, -0.1) is 0 Å². The summed E-state index contributed by atoms with van der Waals surface area (Å²) in [5, 5.41) is 3.51. The molecule has 0 spiro atoms. The maximum atomic E-state index is 13.2. The molecule has 1 atom stereocenters. The molecule has 21 heavy (non-hydrogen) atoms. The Labute approximate surface area is 128 Å². The Morgan fingerprint density at radius 3 is 2.52 bits per heavy atom. The second-order valence-corrected chi connectivity index (χ2v) is 5.47. The van der Waals surface area contributed by atoms with Crippen LogP contribution in [0.4, 0.5) is 8.78 Å². The third-order valence-electron chi connectivity index (χ3n) is 3.48. The van der Waals surface area contributed by atoms with Gasteiger partial charge in [-0.25, -0.2) is 8.78 Å². The lowest BCUT2D eigenvalue weighted by atomic mass is 9.95. The molecule has 0 saturated heterocycles. The Morgan fingerprint density at radius 2 is 1.90 bits per heavy atom. The van der Waals surface area contributed by atoms with Crippen LogP contribution in [-0.2, 0) is 6.42 Å². The van der Waals surface area contributed by atoms with Gasteiger partial charge in [-0.05, 0) is 60.8 Å². The van der Waals surface area contributed by atoms with Crippen LogP contribution in [0.2, 0.25) is 5.02 Å². The van der Waals surface area contributed by atoms with Gasteiger partial charge in [0.2, 0.25) is 0 Å². The summed E-state index contributed by atoms with van der Waals surface area (Å²) in [6, 6.07) is 9.56. The molecule has 0 fully saturated rings. The van der Waals surface area contributed by atoms with Gasteiger partial charge in [0.1, 0.15) is 11.6 Å². The minimum atomic E-state index is -0.418. The standard InChI is InChI=1S/C17H18ClF2N/c1-3-21-17(14-6-5-13(19)8-11(14)2)10-12-4-7-16(20)15(18)9-12/h4-9,17,21H,3,10H2,1-2H3. The molecule has 2 aromatic carbocycles. The minimum Gasteiger partial charge on any atom is -0.310 e. The lowest BCUT2D eigenvalue weighted by Gasteiger charge is -2.21. The summed E-state index contributed by atoms with van der Waals surface area (Å²) < 4.78 is 26.5. The van der Waals surface area contributed by atoms with Crippen LogP contribution in [-0.4, -0.2) is 6.54 Å². The van der Waals surface area contributed by atoms with E-state index in [1.165, 1.54) is 18.2 Å². The average Bonchev–Trinajstić information content (AvgIpc) is 2.42. The first-order chi connectivity index (χ1) is 10.0. The normalized spacial score (nSPS) is 12.4. The van der Waals surface area contributed by atoms with Crippen LogP contribution in [0.15, 0.2) is 36.4 Å². The molecule has 1 N–H and O–H groups in total. The largest absolute Gasteiger partial charge is 0.310 e. The average molecular weight is 310 g/mol. The van der Waals surface area contributed by atoms with Crippen LogP contribution >= 0.6 is 11.6 Å². The highest BCUT2D eigenvalue weighted by Crippen LogP contribution is 2.24. The smallest absolute Gasteiger partial charge is 0.141 e. The van der Waals surface area contributed by atoms with Gasteiger partial charge >= 0.3 is 0 Å². The summed E-state index contributed by atoms with van der Waals surface area (Å²) in [6.45, 7) is 4.69. The fourth-order valence-electron chi connectivity index (χ4n) is 2.47. The molecule has 112 valence electrons. The van der Waals surface area contributed by atoms with E-state index in [0.29, 0.717) is 6.42 Å². The second kappa shape index (κ2) is 7.01. The zero-order valence-electron chi connectivity index (χ0n) is 12.1. The first-order valence-electron chi connectivity index (χ1n) is 6.94. The van der Waals surface area contributed by atoms with Crippen molar-refractivity contribution in [2.24, 2.45) is 0 Å². The Hall–Kier alpha value is -1.45. The van der Waals surface area contributed by atoms with Crippen molar-refractivity contribution in [1.82, 2.24) is 5.32 Å². The maximum Gasteiger partial charge on any atom is 0.141 e. The van der Waals surface area contributed by atoms with E-state index in [0.717, 1.165) is 23.2 Å². The van der Waals surface area contributed by atoms with Crippen LogP contribution in [0.1, 0.15) is 29.7 Å². The van der Waals surface area contributed by atoms with Crippen molar-refractivity contribution in [2.45, 2.75) is 26.3 Å². The minimum absolute atomic E-state index is 0.0390.